The lowest BCUT2D eigenvalue weighted by Gasteiger charge is -2.39. The van der Waals surface area contributed by atoms with Crippen molar-refractivity contribution in [2.24, 2.45) is 14.1 Å². The number of aromatic hydroxyl groups is 1. The van der Waals surface area contributed by atoms with E-state index in [2.05, 4.69) is 4.57 Å². The topological polar surface area (TPSA) is 78.4 Å². The van der Waals surface area contributed by atoms with Gasteiger partial charge >= 0.3 is 5.69 Å². The van der Waals surface area contributed by atoms with E-state index in [-0.39, 0.29) is 11.3 Å². The Morgan fingerprint density at radius 2 is 1.76 bits per heavy atom. The fourth-order valence-electron chi connectivity index (χ4n) is 4.84. The summed E-state index contributed by atoms with van der Waals surface area (Å²) in [7, 11) is 3.13. The number of ether oxygens (including phenoxy) is 1. The summed E-state index contributed by atoms with van der Waals surface area (Å²) in [4.78, 5) is 26.5. The normalized spacial score (nSPS) is 17.3. The highest BCUT2D eigenvalue weighted by molar-refractivity contribution is 6.30. The van der Waals surface area contributed by atoms with Crippen LogP contribution in [0.5, 0.6) is 5.75 Å². The third-order valence-electron chi connectivity index (χ3n) is 6.38. The number of nitrogens with zero attached hydrogens (tertiary/aromatic N) is 3. The molecule has 170 valence electrons. The zero-order valence-electron chi connectivity index (χ0n) is 18.8. The molecule has 5 rings (SSSR count). The molecule has 0 spiro atoms. The Kier molecular flexibility index (Phi) is 4.81. The Balaban J connectivity index is 2.03. The zero-order chi connectivity index (χ0) is 23.7. The molecular formula is C25H24ClN3O4. The highest BCUT2D eigenvalue weighted by Gasteiger charge is 2.41. The molecule has 7 nitrogen and oxygen atoms in total. The molecule has 0 aliphatic carbocycles. The molecule has 0 amide bonds. The molecule has 0 saturated carbocycles. The number of hydrogen-bond donors (Lipinski definition) is 1. The van der Waals surface area contributed by atoms with Crippen molar-refractivity contribution in [2.75, 3.05) is 6.61 Å². The van der Waals surface area contributed by atoms with Crippen molar-refractivity contribution in [2.45, 2.75) is 25.5 Å². The van der Waals surface area contributed by atoms with E-state index >= 15 is 0 Å². The number of phenols is 1. The van der Waals surface area contributed by atoms with Gasteiger partial charge in [-0.3, -0.25) is 13.9 Å². The van der Waals surface area contributed by atoms with E-state index in [1.165, 1.54) is 17.7 Å². The molecule has 4 aromatic rings. The van der Waals surface area contributed by atoms with Gasteiger partial charge in [0, 0.05) is 24.7 Å². The van der Waals surface area contributed by atoms with Crippen LogP contribution in [-0.2, 0) is 24.4 Å². The van der Waals surface area contributed by atoms with Crippen LogP contribution in [0.2, 0.25) is 5.02 Å². The predicted octanol–water partition coefficient (Wildman–Crippen LogP) is 3.92. The van der Waals surface area contributed by atoms with Gasteiger partial charge in [-0.25, -0.2) is 4.79 Å². The quantitative estimate of drug-likeness (QED) is 0.486. The van der Waals surface area contributed by atoms with Gasteiger partial charge in [0.2, 0.25) is 0 Å². The molecule has 1 unspecified atom stereocenters. The molecule has 1 aliphatic rings. The third-order valence-corrected chi connectivity index (χ3v) is 6.62. The molecule has 1 atom stereocenters. The molecule has 1 N–H and O–H groups in total. The summed E-state index contributed by atoms with van der Waals surface area (Å²) in [6.07, 6.45) is -0.727. The second kappa shape index (κ2) is 7.37. The number of phenolic OH excluding ortho intramolecular Hbond substituents is 1. The number of benzene rings is 2. The van der Waals surface area contributed by atoms with Crippen molar-refractivity contribution in [3.8, 4) is 17.0 Å². The van der Waals surface area contributed by atoms with E-state index in [0.29, 0.717) is 33.8 Å². The predicted molar refractivity (Wildman–Crippen MR) is 128 cm³/mol. The van der Waals surface area contributed by atoms with E-state index in [1.807, 2.05) is 44.2 Å². The van der Waals surface area contributed by atoms with Crippen LogP contribution < -0.4 is 11.2 Å². The van der Waals surface area contributed by atoms with Gasteiger partial charge < -0.3 is 14.4 Å². The Morgan fingerprint density at radius 3 is 2.45 bits per heavy atom. The Hall–Kier alpha value is -3.29. The first-order valence-corrected chi connectivity index (χ1v) is 11.0. The molecule has 3 heterocycles. The minimum Gasteiger partial charge on any atom is -0.508 e. The first kappa shape index (κ1) is 21.6. The lowest BCUT2D eigenvalue weighted by atomic mass is 9.97. The molecule has 2 aromatic heterocycles. The number of fused-ring (bicyclic) bond motifs is 3. The van der Waals surface area contributed by atoms with Crippen LogP contribution in [0.4, 0.5) is 0 Å². The van der Waals surface area contributed by atoms with Crippen LogP contribution in [-0.4, -0.2) is 25.4 Å². The van der Waals surface area contributed by atoms with Crippen LogP contribution >= 0.6 is 11.6 Å². The molecule has 1 aliphatic heterocycles. The average Bonchev–Trinajstić information content (AvgIpc) is 3.16. The fourth-order valence-corrected chi connectivity index (χ4v) is 5.02. The maximum atomic E-state index is 13.5. The summed E-state index contributed by atoms with van der Waals surface area (Å²) in [6.45, 7) is 4.38. The van der Waals surface area contributed by atoms with Crippen molar-refractivity contribution in [1.82, 2.24) is 13.7 Å². The Morgan fingerprint density at radius 1 is 1.06 bits per heavy atom. The molecular weight excluding hydrogens is 442 g/mol. The second-order valence-electron chi connectivity index (χ2n) is 9.07. The second-order valence-corrected chi connectivity index (χ2v) is 9.51. The maximum Gasteiger partial charge on any atom is 0.331 e. The van der Waals surface area contributed by atoms with E-state index in [0.717, 1.165) is 15.8 Å². The molecule has 0 radical (unpaired) electrons. The van der Waals surface area contributed by atoms with Gasteiger partial charge in [0.15, 0.2) is 0 Å². The van der Waals surface area contributed by atoms with E-state index in [9.17, 15) is 14.7 Å². The SMILES string of the molecule is Cn1c(=O)c2c(-c3ccccc3)n3c(c2n(C)c1=O)C(c1cc(Cl)ccc1O)OCC3(C)C. The van der Waals surface area contributed by atoms with Gasteiger partial charge in [-0.1, -0.05) is 41.9 Å². The van der Waals surface area contributed by atoms with Crippen LogP contribution in [0.1, 0.15) is 31.2 Å². The number of aromatic nitrogens is 3. The van der Waals surface area contributed by atoms with Crippen molar-refractivity contribution in [3.05, 3.63) is 85.6 Å². The van der Waals surface area contributed by atoms with Crippen molar-refractivity contribution in [3.63, 3.8) is 0 Å². The molecule has 0 saturated heterocycles. The molecule has 8 heteroatoms. The molecule has 0 fully saturated rings. The first-order chi connectivity index (χ1) is 15.6. The number of hydrogen-bond acceptors (Lipinski definition) is 4. The lowest BCUT2D eigenvalue weighted by Crippen LogP contribution is -2.40. The van der Waals surface area contributed by atoms with Crippen molar-refractivity contribution < 1.29 is 9.84 Å². The average molecular weight is 466 g/mol. The van der Waals surface area contributed by atoms with E-state index < -0.39 is 17.3 Å². The molecule has 0 bridgehead atoms. The largest absolute Gasteiger partial charge is 0.508 e. The van der Waals surface area contributed by atoms with Gasteiger partial charge in [-0.05, 0) is 37.6 Å². The minimum absolute atomic E-state index is 0.0279. The molecule has 33 heavy (non-hydrogen) atoms. The summed E-state index contributed by atoms with van der Waals surface area (Å²) in [5.74, 6) is 0.0279. The van der Waals surface area contributed by atoms with Gasteiger partial charge in [-0.2, -0.15) is 0 Å². The summed E-state index contributed by atoms with van der Waals surface area (Å²) in [5.41, 5.74) is 1.83. The third kappa shape index (κ3) is 3.07. The van der Waals surface area contributed by atoms with Crippen LogP contribution in [0.15, 0.2) is 58.1 Å². The number of halogens is 1. The smallest absolute Gasteiger partial charge is 0.331 e. The molecule has 2 aromatic carbocycles. The van der Waals surface area contributed by atoms with Crippen molar-refractivity contribution >= 4 is 22.5 Å². The standard InChI is InChI=1S/C25H24ClN3O4/c1-25(2)13-33-22(16-12-15(26)10-11-17(16)30)21-20-18(23(31)28(4)24(32)27(20)3)19(29(21)25)14-8-6-5-7-9-14/h5-12,22,30H,13H2,1-4H3. The van der Waals surface area contributed by atoms with Gasteiger partial charge in [0.05, 0.1) is 34.4 Å². The summed E-state index contributed by atoms with van der Waals surface area (Å²) in [5, 5.41) is 11.6. The highest BCUT2D eigenvalue weighted by atomic mass is 35.5. The van der Waals surface area contributed by atoms with Gasteiger partial charge in [-0.15, -0.1) is 0 Å². The fraction of sp³-hybridized carbons (Fsp3) is 0.280. The minimum atomic E-state index is -0.727. The maximum absolute atomic E-state index is 13.5. The van der Waals surface area contributed by atoms with Crippen LogP contribution in [0.3, 0.4) is 0 Å². The summed E-state index contributed by atoms with van der Waals surface area (Å²) in [6, 6.07) is 14.4. The van der Waals surface area contributed by atoms with Gasteiger partial charge in [0.1, 0.15) is 11.9 Å². The Bertz CT molecular complexity index is 1530. The summed E-state index contributed by atoms with van der Waals surface area (Å²) >= 11 is 6.26. The monoisotopic (exact) mass is 465 g/mol. The van der Waals surface area contributed by atoms with E-state index in [1.54, 1.807) is 19.2 Å². The van der Waals surface area contributed by atoms with Crippen molar-refractivity contribution in [1.29, 1.82) is 0 Å². The zero-order valence-corrected chi connectivity index (χ0v) is 19.6. The lowest BCUT2D eigenvalue weighted by molar-refractivity contribution is -0.00798. The number of aryl methyl sites for hydroxylation is 1. The van der Waals surface area contributed by atoms with E-state index in [4.69, 9.17) is 16.3 Å². The Labute approximate surface area is 195 Å². The number of rotatable bonds is 2. The summed E-state index contributed by atoms with van der Waals surface area (Å²) < 4.78 is 11.0. The first-order valence-electron chi connectivity index (χ1n) is 10.6. The van der Waals surface area contributed by atoms with Crippen LogP contribution in [0.25, 0.3) is 22.2 Å². The van der Waals surface area contributed by atoms with Gasteiger partial charge in [0.25, 0.3) is 5.56 Å². The highest BCUT2D eigenvalue weighted by Crippen LogP contribution is 2.47. The van der Waals surface area contributed by atoms with Crippen LogP contribution in [0, 0.1) is 0 Å².